The molecule has 2 nitrogen and oxygen atoms in total. The second-order valence-electron chi connectivity index (χ2n) is 2.55. The maximum atomic E-state index is 9.36. The minimum atomic E-state index is 0.167. The number of hydrogen-bond acceptors (Lipinski definition) is 3. The highest BCUT2D eigenvalue weighted by atomic mass is 32.1. The van der Waals surface area contributed by atoms with Crippen molar-refractivity contribution in [3.05, 3.63) is 23.8 Å². The highest BCUT2D eigenvalue weighted by Gasteiger charge is 1.96. The van der Waals surface area contributed by atoms with Gasteiger partial charge in [-0.1, -0.05) is 11.8 Å². The lowest BCUT2D eigenvalue weighted by atomic mass is 10.2. The highest BCUT2D eigenvalue weighted by molar-refractivity contribution is 7.80. The lowest BCUT2D eigenvalue weighted by molar-refractivity contribution is 0.474. The van der Waals surface area contributed by atoms with Gasteiger partial charge in [0.2, 0.25) is 0 Å². The van der Waals surface area contributed by atoms with E-state index in [0.717, 1.165) is 5.75 Å². The van der Waals surface area contributed by atoms with E-state index in [4.69, 9.17) is 5.73 Å². The van der Waals surface area contributed by atoms with Crippen molar-refractivity contribution < 1.29 is 5.11 Å². The molecule has 0 aromatic heterocycles. The standard InChI is InChI=1S/C10H11NOS/c11-9-4-5-10(12)8(7-9)3-1-2-6-13/h4-5,7,12-13H,2,6,11H2. The number of anilines is 1. The van der Waals surface area contributed by atoms with Crippen LogP contribution in [0.25, 0.3) is 0 Å². The van der Waals surface area contributed by atoms with E-state index in [1.165, 1.54) is 0 Å². The number of benzene rings is 1. The first kappa shape index (κ1) is 9.82. The Morgan fingerprint density at radius 2 is 2.23 bits per heavy atom. The van der Waals surface area contributed by atoms with E-state index in [1.54, 1.807) is 18.2 Å². The zero-order valence-electron chi connectivity index (χ0n) is 7.12. The normalized spacial score (nSPS) is 9.00. The van der Waals surface area contributed by atoms with Gasteiger partial charge in [0.1, 0.15) is 5.75 Å². The number of thiol groups is 1. The Labute approximate surface area is 83.2 Å². The summed E-state index contributed by atoms with van der Waals surface area (Å²) in [4.78, 5) is 0. The van der Waals surface area contributed by atoms with Crippen molar-refractivity contribution in [1.29, 1.82) is 0 Å². The summed E-state index contributed by atoms with van der Waals surface area (Å²) in [5, 5.41) is 9.36. The van der Waals surface area contributed by atoms with Crippen molar-refractivity contribution in [2.45, 2.75) is 6.42 Å². The highest BCUT2D eigenvalue weighted by Crippen LogP contribution is 2.18. The van der Waals surface area contributed by atoms with Gasteiger partial charge in [0, 0.05) is 17.9 Å². The molecule has 1 rings (SSSR count). The molecule has 1 aromatic rings. The zero-order valence-corrected chi connectivity index (χ0v) is 8.01. The minimum absolute atomic E-state index is 0.167. The number of aromatic hydroxyl groups is 1. The van der Waals surface area contributed by atoms with Crippen LogP contribution in [-0.4, -0.2) is 10.9 Å². The lowest BCUT2D eigenvalue weighted by Gasteiger charge is -1.97. The molecular weight excluding hydrogens is 182 g/mol. The van der Waals surface area contributed by atoms with Crippen LogP contribution in [0.5, 0.6) is 5.75 Å². The fourth-order valence-corrected chi connectivity index (χ4v) is 0.979. The van der Waals surface area contributed by atoms with Gasteiger partial charge in [-0.2, -0.15) is 12.6 Å². The molecule has 0 radical (unpaired) electrons. The van der Waals surface area contributed by atoms with Crippen molar-refractivity contribution in [2.75, 3.05) is 11.5 Å². The molecule has 0 saturated heterocycles. The largest absolute Gasteiger partial charge is 0.507 e. The molecule has 0 fully saturated rings. The van der Waals surface area contributed by atoms with E-state index >= 15 is 0 Å². The quantitative estimate of drug-likeness (QED) is 0.275. The molecule has 68 valence electrons. The maximum Gasteiger partial charge on any atom is 0.131 e. The fraction of sp³-hybridized carbons (Fsp3) is 0.200. The Hall–Kier alpha value is -1.27. The molecule has 0 heterocycles. The molecule has 3 N–H and O–H groups in total. The van der Waals surface area contributed by atoms with E-state index in [2.05, 4.69) is 24.5 Å². The van der Waals surface area contributed by atoms with Gasteiger partial charge in [0.25, 0.3) is 0 Å². The molecule has 0 saturated carbocycles. The van der Waals surface area contributed by atoms with Crippen LogP contribution in [0.1, 0.15) is 12.0 Å². The summed E-state index contributed by atoms with van der Waals surface area (Å²) in [6.07, 6.45) is 0.706. The van der Waals surface area contributed by atoms with Gasteiger partial charge < -0.3 is 10.8 Å². The van der Waals surface area contributed by atoms with Crippen LogP contribution in [0.15, 0.2) is 18.2 Å². The second kappa shape index (κ2) is 4.68. The van der Waals surface area contributed by atoms with Crippen LogP contribution >= 0.6 is 12.6 Å². The van der Waals surface area contributed by atoms with Crippen LogP contribution in [-0.2, 0) is 0 Å². The average Bonchev–Trinajstić information content (AvgIpc) is 2.11. The van der Waals surface area contributed by atoms with Crippen molar-refractivity contribution in [2.24, 2.45) is 0 Å². The molecule has 1 aromatic carbocycles. The SMILES string of the molecule is Nc1ccc(O)c(C#CCCS)c1. The molecule has 3 heteroatoms. The zero-order chi connectivity index (χ0) is 9.68. The van der Waals surface area contributed by atoms with Crippen LogP contribution < -0.4 is 5.73 Å². The molecule has 0 aliphatic rings. The first-order valence-electron chi connectivity index (χ1n) is 3.92. The van der Waals surface area contributed by atoms with Crippen LogP contribution in [0, 0.1) is 11.8 Å². The van der Waals surface area contributed by atoms with Gasteiger partial charge in [0.05, 0.1) is 5.56 Å². The number of phenols is 1. The van der Waals surface area contributed by atoms with E-state index in [9.17, 15) is 5.11 Å². The number of nitrogens with two attached hydrogens (primary N) is 1. The Bertz CT molecular complexity index is 352. The Kier molecular flexibility index (Phi) is 3.53. The number of rotatable bonds is 1. The fourth-order valence-electron chi connectivity index (χ4n) is 0.867. The molecule has 0 bridgehead atoms. The first-order valence-corrected chi connectivity index (χ1v) is 4.55. The third-order valence-corrected chi connectivity index (χ3v) is 1.70. The van der Waals surface area contributed by atoms with Gasteiger partial charge in [-0.25, -0.2) is 0 Å². The summed E-state index contributed by atoms with van der Waals surface area (Å²) in [6.45, 7) is 0. The van der Waals surface area contributed by atoms with E-state index in [1.807, 2.05) is 0 Å². The van der Waals surface area contributed by atoms with E-state index in [0.29, 0.717) is 17.7 Å². The van der Waals surface area contributed by atoms with E-state index in [-0.39, 0.29) is 5.75 Å². The predicted octanol–water partition coefficient (Wildman–Crippen LogP) is 1.65. The van der Waals surface area contributed by atoms with Crippen molar-refractivity contribution in [1.82, 2.24) is 0 Å². The minimum Gasteiger partial charge on any atom is -0.507 e. The third kappa shape index (κ3) is 2.92. The maximum absolute atomic E-state index is 9.36. The molecule has 0 aliphatic carbocycles. The van der Waals surface area contributed by atoms with Gasteiger partial charge in [-0.15, -0.1) is 0 Å². The smallest absolute Gasteiger partial charge is 0.131 e. The average molecular weight is 193 g/mol. The Balaban J connectivity index is 2.89. The number of phenolic OH excluding ortho intramolecular Hbond substituents is 1. The van der Waals surface area contributed by atoms with Crippen LogP contribution in [0.3, 0.4) is 0 Å². The monoisotopic (exact) mass is 193 g/mol. The summed E-state index contributed by atoms with van der Waals surface area (Å²) in [5.74, 6) is 6.59. The van der Waals surface area contributed by atoms with Gasteiger partial charge in [-0.3, -0.25) is 0 Å². The second-order valence-corrected chi connectivity index (χ2v) is 3.00. The molecule has 0 spiro atoms. The summed E-state index contributed by atoms with van der Waals surface area (Å²) in [5.41, 5.74) is 6.71. The predicted molar refractivity (Wildman–Crippen MR) is 57.9 cm³/mol. The Morgan fingerprint density at radius 3 is 2.92 bits per heavy atom. The molecule has 0 aliphatic heterocycles. The molecule has 0 atom stereocenters. The van der Waals surface area contributed by atoms with Gasteiger partial charge in [-0.05, 0) is 18.2 Å². The summed E-state index contributed by atoms with van der Waals surface area (Å²) in [7, 11) is 0. The van der Waals surface area contributed by atoms with Crippen molar-refractivity contribution >= 4 is 18.3 Å². The molecule has 0 amide bonds. The third-order valence-electron chi connectivity index (χ3n) is 1.48. The lowest BCUT2D eigenvalue weighted by Crippen LogP contribution is -1.85. The molecular formula is C10H11NOS. The van der Waals surface area contributed by atoms with Crippen LogP contribution in [0.4, 0.5) is 5.69 Å². The van der Waals surface area contributed by atoms with Crippen molar-refractivity contribution in [3.8, 4) is 17.6 Å². The summed E-state index contributed by atoms with van der Waals surface area (Å²) < 4.78 is 0. The summed E-state index contributed by atoms with van der Waals surface area (Å²) in [6, 6.07) is 4.83. The first-order chi connectivity index (χ1) is 6.24. The number of hydrogen-bond donors (Lipinski definition) is 3. The molecule has 0 unspecified atom stereocenters. The number of nitrogen functional groups attached to an aromatic ring is 1. The summed E-state index contributed by atoms with van der Waals surface area (Å²) >= 11 is 4.02. The molecule has 13 heavy (non-hydrogen) atoms. The Morgan fingerprint density at radius 1 is 1.46 bits per heavy atom. The topological polar surface area (TPSA) is 46.2 Å². The van der Waals surface area contributed by atoms with Gasteiger partial charge in [0.15, 0.2) is 0 Å². The van der Waals surface area contributed by atoms with E-state index < -0.39 is 0 Å². The van der Waals surface area contributed by atoms with Crippen molar-refractivity contribution in [3.63, 3.8) is 0 Å². The van der Waals surface area contributed by atoms with Gasteiger partial charge >= 0.3 is 0 Å². The van der Waals surface area contributed by atoms with Crippen LogP contribution in [0.2, 0.25) is 0 Å².